The minimum atomic E-state index is -0.992. The van der Waals surface area contributed by atoms with E-state index in [9.17, 15) is 14.7 Å². The van der Waals surface area contributed by atoms with Crippen LogP contribution in [0.3, 0.4) is 0 Å². The molecular formula is C28H28N2O3. The molecule has 1 saturated carbocycles. The van der Waals surface area contributed by atoms with Crippen molar-refractivity contribution in [1.29, 1.82) is 0 Å². The zero-order valence-corrected chi connectivity index (χ0v) is 19.0. The predicted molar refractivity (Wildman–Crippen MR) is 128 cm³/mol. The average molecular weight is 441 g/mol. The molecule has 33 heavy (non-hydrogen) atoms. The van der Waals surface area contributed by atoms with Gasteiger partial charge in [-0.2, -0.15) is 0 Å². The van der Waals surface area contributed by atoms with E-state index in [4.69, 9.17) is 4.98 Å². The fourth-order valence-electron chi connectivity index (χ4n) is 5.20. The number of Topliss-reactive ketones (excluding diaryl/α,β-unsaturated/α-hetero) is 1. The number of carbonyl (C=O) groups excluding carboxylic acids is 1. The number of hydrogen-bond donors (Lipinski definition) is 2. The van der Waals surface area contributed by atoms with Crippen LogP contribution in [0.4, 0.5) is 4.79 Å². The molecule has 2 aliphatic carbocycles. The molecule has 5 nitrogen and oxygen atoms in total. The average Bonchev–Trinajstić information content (AvgIpc) is 2.75. The predicted octanol–water partition coefficient (Wildman–Crippen LogP) is 6.22. The molecular weight excluding hydrogens is 412 g/mol. The Kier molecular flexibility index (Phi) is 5.08. The summed E-state index contributed by atoms with van der Waals surface area (Å²) in [7, 11) is 0. The fraction of sp³-hybridized carbons (Fsp3) is 0.321. The number of amides is 1. The molecule has 5 rings (SSSR count). The Morgan fingerprint density at radius 1 is 0.939 bits per heavy atom. The number of rotatable bonds is 4. The van der Waals surface area contributed by atoms with E-state index in [2.05, 4.69) is 19.2 Å². The van der Waals surface area contributed by atoms with Crippen LogP contribution in [0.5, 0.6) is 0 Å². The summed E-state index contributed by atoms with van der Waals surface area (Å²) in [6, 6.07) is 20.1. The number of fused-ring (bicyclic) bond motifs is 1. The topological polar surface area (TPSA) is 79.3 Å². The van der Waals surface area contributed by atoms with E-state index in [0.29, 0.717) is 6.42 Å². The number of carbonyl (C=O) groups is 2. The molecule has 0 aliphatic heterocycles. The van der Waals surface area contributed by atoms with Crippen LogP contribution in [0.15, 0.2) is 60.7 Å². The first-order chi connectivity index (χ1) is 15.8. The summed E-state index contributed by atoms with van der Waals surface area (Å²) in [5.41, 5.74) is 5.75. The number of benzene rings is 2. The quantitative estimate of drug-likeness (QED) is 0.505. The Bertz CT molecular complexity index is 1230. The molecule has 0 spiro atoms. The molecule has 3 aromatic rings. The number of pyridine rings is 1. The Labute approximate surface area is 193 Å². The van der Waals surface area contributed by atoms with Crippen LogP contribution in [-0.2, 0) is 12.0 Å². The van der Waals surface area contributed by atoms with Gasteiger partial charge in [-0.3, -0.25) is 9.78 Å². The minimum absolute atomic E-state index is 0.106. The van der Waals surface area contributed by atoms with Gasteiger partial charge in [-0.25, -0.2) is 4.79 Å². The summed E-state index contributed by atoms with van der Waals surface area (Å²) < 4.78 is 0. The third-order valence-electron chi connectivity index (χ3n) is 7.04. The summed E-state index contributed by atoms with van der Waals surface area (Å²) in [4.78, 5) is 29.3. The van der Waals surface area contributed by atoms with Crippen molar-refractivity contribution in [1.82, 2.24) is 10.3 Å². The number of hydrogen-bond acceptors (Lipinski definition) is 3. The van der Waals surface area contributed by atoms with Gasteiger partial charge in [0.25, 0.3) is 0 Å². The van der Waals surface area contributed by atoms with Gasteiger partial charge in [0.05, 0.1) is 16.9 Å². The first-order valence-electron chi connectivity index (χ1n) is 11.5. The standard InChI is InChI=1S/C28H28N2O3/c1-27(2)16-23-22(24(31)17-27)15-21(18-7-4-3-5-8-18)25(29-23)19-9-11-20(12-10-19)28(13-6-14-28)30-26(32)33/h3-5,7-12,15,30H,6,13-14,16-17H2,1-2H3,(H,32,33). The molecule has 0 atom stereocenters. The van der Waals surface area contributed by atoms with Gasteiger partial charge in [0.15, 0.2) is 5.78 Å². The molecule has 2 aromatic carbocycles. The van der Waals surface area contributed by atoms with Crippen molar-refractivity contribution >= 4 is 11.9 Å². The van der Waals surface area contributed by atoms with E-state index in [1.54, 1.807) is 0 Å². The van der Waals surface area contributed by atoms with Crippen molar-refractivity contribution in [2.45, 2.75) is 51.5 Å². The maximum atomic E-state index is 12.9. The zero-order valence-electron chi connectivity index (χ0n) is 19.0. The number of aromatic nitrogens is 1. The lowest BCUT2D eigenvalue weighted by atomic mass is 9.71. The van der Waals surface area contributed by atoms with Crippen molar-refractivity contribution in [3.63, 3.8) is 0 Å². The molecule has 168 valence electrons. The zero-order chi connectivity index (χ0) is 23.2. The second kappa shape index (κ2) is 7.84. The summed E-state index contributed by atoms with van der Waals surface area (Å²) >= 11 is 0. The van der Waals surface area contributed by atoms with E-state index >= 15 is 0 Å². The lowest BCUT2D eigenvalue weighted by molar-refractivity contribution is 0.0910. The molecule has 1 aromatic heterocycles. The second-order valence-electron chi connectivity index (χ2n) is 10.1. The highest BCUT2D eigenvalue weighted by molar-refractivity contribution is 6.01. The number of carboxylic acid groups (broad SMARTS) is 1. The van der Waals surface area contributed by atoms with Crippen LogP contribution in [0.25, 0.3) is 22.4 Å². The van der Waals surface area contributed by atoms with Gasteiger partial charge in [0.2, 0.25) is 0 Å². The minimum Gasteiger partial charge on any atom is -0.465 e. The molecule has 0 saturated heterocycles. The van der Waals surface area contributed by atoms with Crippen LogP contribution in [-0.4, -0.2) is 22.0 Å². The van der Waals surface area contributed by atoms with Crippen LogP contribution in [0, 0.1) is 5.41 Å². The molecule has 0 bridgehead atoms. The Balaban J connectivity index is 1.61. The smallest absolute Gasteiger partial charge is 0.405 e. The first kappa shape index (κ1) is 21.4. The highest BCUT2D eigenvalue weighted by Crippen LogP contribution is 2.43. The Morgan fingerprint density at radius 2 is 1.64 bits per heavy atom. The molecule has 1 heterocycles. The van der Waals surface area contributed by atoms with E-state index in [-0.39, 0.29) is 11.2 Å². The van der Waals surface area contributed by atoms with E-state index in [1.165, 1.54) is 0 Å². The maximum absolute atomic E-state index is 12.9. The van der Waals surface area contributed by atoms with Gasteiger partial charge in [0.1, 0.15) is 0 Å². The lowest BCUT2D eigenvalue weighted by Crippen LogP contribution is -2.50. The molecule has 2 N–H and O–H groups in total. The Morgan fingerprint density at radius 3 is 2.24 bits per heavy atom. The monoisotopic (exact) mass is 440 g/mol. The lowest BCUT2D eigenvalue weighted by Gasteiger charge is -2.42. The highest BCUT2D eigenvalue weighted by atomic mass is 16.4. The van der Waals surface area contributed by atoms with Crippen LogP contribution in [0.1, 0.15) is 61.1 Å². The summed E-state index contributed by atoms with van der Waals surface area (Å²) in [6.45, 7) is 4.23. The number of nitrogens with zero attached hydrogens (tertiary/aromatic N) is 1. The second-order valence-corrected chi connectivity index (χ2v) is 10.1. The largest absolute Gasteiger partial charge is 0.465 e. The first-order valence-corrected chi connectivity index (χ1v) is 11.5. The molecule has 1 fully saturated rings. The van der Waals surface area contributed by atoms with Crippen LogP contribution >= 0.6 is 0 Å². The summed E-state index contributed by atoms with van der Waals surface area (Å²) in [5.74, 6) is 0.152. The van der Waals surface area contributed by atoms with Gasteiger partial charge < -0.3 is 10.4 Å². The maximum Gasteiger partial charge on any atom is 0.405 e. The number of ketones is 1. The van der Waals surface area contributed by atoms with Crippen LogP contribution < -0.4 is 5.32 Å². The summed E-state index contributed by atoms with van der Waals surface area (Å²) in [5, 5.41) is 12.0. The molecule has 2 aliphatic rings. The van der Waals surface area contributed by atoms with E-state index < -0.39 is 11.6 Å². The highest BCUT2D eigenvalue weighted by Gasteiger charge is 2.40. The number of nitrogens with one attached hydrogen (secondary N) is 1. The third kappa shape index (κ3) is 3.92. The van der Waals surface area contributed by atoms with Gasteiger partial charge in [-0.1, -0.05) is 68.4 Å². The Hall–Kier alpha value is -3.47. The van der Waals surface area contributed by atoms with Crippen molar-refractivity contribution in [3.8, 4) is 22.4 Å². The molecule has 5 heteroatoms. The molecule has 0 unspecified atom stereocenters. The SMILES string of the molecule is CC1(C)CC(=O)c2cc(-c3ccccc3)c(-c3ccc(C4(NC(=O)O)CCC4)cc3)nc2C1. The van der Waals surface area contributed by atoms with Crippen molar-refractivity contribution in [2.24, 2.45) is 5.41 Å². The third-order valence-corrected chi connectivity index (χ3v) is 7.04. The molecule has 0 radical (unpaired) electrons. The van der Waals surface area contributed by atoms with Crippen molar-refractivity contribution < 1.29 is 14.7 Å². The van der Waals surface area contributed by atoms with Gasteiger partial charge in [-0.05, 0) is 48.3 Å². The van der Waals surface area contributed by atoms with E-state index in [1.807, 2.05) is 60.7 Å². The van der Waals surface area contributed by atoms with Gasteiger partial charge in [0, 0.05) is 23.1 Å². The van der Waals surface area contributed by atoms with Crippen molar-refractivity contribution in [2.75, 3.05) is 0 Å². The fourth-order valence-corrected chi connectivity index (χ4v) is 5.20. The summed E-state index contributed by atoms with van der Waals surface area (Å²) in [6.07, 6.45) is 2.93. The van der Waals surface area contributed by atoms with Crippen LogP contribution in [0.2, 0.25) is 0 Å². The molecule has 1 amide bonds. The van der Waals surface area contributed by atoms with Crippen molar-refractivity contribution in [3.05, 3.63) is 77.5 Å². The van der Waals surface area contributed by atoms with Gasteiger partial charge >= 0.3 is 6.09 Å². The normalized spacial score (nSPS) is 18.2. The van der Waals surface area contributed by atoms with Gasteiger partial charge in [-0.15, -0.1) is 0 Å². The van der Waals surface area contributed by atoms with E-state index in [0.717, 1.165) is 64.9 Å².